The van der Waals surface area contributed by atoms with Gasteiger partial charge < -0.3 is 10.2 Å². The first-order chi connectivity index (χ1) is 12.1. The molecule has 4 nitrogen and oxygen atoms in total. The Labute approximate surface area is 146 Å². The summed E-state index contributed by atoms with van der Waals surface area (Å²) in [5.41, 5.74) is 1.64. The van der Waals surface area contributed by atoms with Gasteiger partial charge in [-0.25, -0.2) is 13.6 Å². The molecule has 0 saturated carbocycles. The van der Waals surface area contributed by atoms with E-state index in [0.717, 1.165) is 31.6 Å². The molecule has 1 fully saturated rings. The molecule has 1 aliphatic heterocycles. The van der Waals surface area contributed by atoms with E-state index >= 15 is 0 Å². The Kier molecular flexibility index (Phi) is 5.60. The quantitative estimate of drug-likeness (QED) is 0.921. The van der Waals surface area contributed by atoms with E-state index in [-0.39, 0.29) is 17.7 Å². The zero-order valence-electron chi connectivity index (χ0n) is 13.9. The van der Waals surface area contributed by atoms with Gasteiger partial charge in [0.2, 0.25) is 0 Å². The van der Waals surface area contributed by atoms with E-state index in [4.69, 9.17) is 0 Å². The molecular formula is C19H21F2N3O. The lowest BCUT2D eigenvalue weighted by atomic mass is 10.2. The Hall–Kier alpha value is -2.47. The molecule has 1 aliphatic rings. The van der Waals surface area contributed by atoms with Gasteiger partial charge in [-0.15, -0.1) is 0 Å². The van der Waals surface area contributed by atoms with Gasteiger partial charge in [0.1, 0.15) is 11.6 Å². The van der Waals surface area contributed by atoms with E-state index < -0.39 is 0 Å². The number of halogens is 2. The number of nitrogens with zero attached hydrogens (tertiary/aromatic N) is 2. The Bertz CT molecular complexity index is 704. The SMILES string of the molecule is O=C(Nc1ccc(F)cc1)N1CCCN(Cc2ccc(F)cc2)CC1. The number of rotatable bonds is 3. The zero-order chi connectivity index (χ0) is 17.6. The number of urea groups is 1. The Balaban J connectivity index is 1.52. The molecule has 0 aliphatic carbocycles. The fourth-order valence-electron chi connectivity index (χ4n) is 2.92. The average molecular weight is 345 g/mol. The van der Waals surface area contributed by atoms with Crippen LogP contribution in [-0.2, 0) is 6.54 Å². The molecule has 0 atom stereocenters. The topological polar surface area (TPSA) is 35.6 Å². The summed E-state index contributed by atoms with van der Waals surface area (Å²) >= 11 is 0. The summed E-state index contributed by atoms with van der Waals surface area (Å²) < 4.78 is 25.9. The molecule has 0 spiro atoms. The standard InChI is InChI=1S/C19H21F2N3O/c20-16-4-2-15(3-5-16)14-23-10-1-11-24(13-12-23)19(25)22-18-8-6-17(21)7-9-18/h2-9H,1,10-14H2,(H,22,25). The molecule has 2 aromatic rings. The third kappa shape index (κ3) is 5.00. The number of carbonyl (C=O) groups excluding carboxylic acids is 1. The van der Waals surface area contributed by atoms with Gasteiger partial charge >= 0.3 is 6.03 Å². The molecule has 6 heteroatoms. The summed E-state index contributed by atoms with van der Waals surface area (Å²) in [6, 6.07) is 12.1. The van der Waals surface area contributed by atoms with Crippen LogP contribution in [0.3, 0.4) is 0 Å². The van der Waals surface area contributed by atoms with Crippen molar-refractivity contribution in [2.75, 3.05) is 31.5 Å². The highest BCUT2D eigenvalue weighted by Crippen LogP contribution is 2.13. The molecule has 0 bridgehead atoms. The largest absolute Gasteiger partial charge is 0.323 e. The van der Waals surface area contributed by atoms with Crippen molar-refractivity contribution >= 4 is 11.7 Å². The van der Waals surface area contributed by atoms with Gasteiger partial charge in [-0.1, -0.05) is 12.1 Å². The molecule has 25 heavy (non-hydrogen) atoms. The van der Waals surface area contributed by atoms with Crippen LogP contribution in [0.25, 0.3) is 0 Å². The van der Waals surface area contributed by atoms with Gasteiger partial charge in [0.15, 0.2) is 0 Å². The first-order valence-electron chi connectivity index (χ1n) is 8.38. The van der Waals surface area contributed by atoms with Crippen LogP contribution in [0.15, 0.2) is 48.5 Å². The third-order valence-electron chi connectivity index (χ3n) is 4.29. The minimum Gasteiger partial charge on any atom is -0.323 e. The van der Waals surface area contributed by atoms with E-state index in [1.807, 2.05) is 0 Å². The van der Waals surface area contributed by atoms with E-state index in [9.17, 15) is 13.6 Å². The highest BCUT2D eigenvalue weighted by molar-refractivity contribution is 5.89. The number of carbonyl (C=O) groups is 1. The molecule has 1 heterocycles. The molecule has 1 N–H and O–H groups in total. The molecule has 0 aromatic heterocycles. The van der Waals surface area contributed by atoms with Gasteiger partial charge in [0, 0.05) is 38.4 Å². The van der Waals surface area contributed by atoms with Crippen molar-refractivity contribution in [2.24, 2.45) is 0 Å². The van der Waals surface area contributed by atoms with Crippen LogP contribution >= 0.6 is 0 Å². The van der Waals surface area contributed by atoms with Gasteiger partial charge in [0.25, 0.3) is 0 Å². The normalized spacial score (nSPS) is 15.7. The van der Waals surface area contributed by atoms with Crippen molar-refractivity contribution in [1.29, 1.82) is 0 Å². The van der Waals surface area contributed by atoms with Gasteiger partial charge in [0.05, 0.1) is 0 Å². The highest BCUT2D eigenvalue weighted by atomic mass is 19.1. The lowest BCUT2D eigenvalue weighted by Crippen LogP contribution is -2.38. The van der Waals surface area contributed by atoms with Crippen molar-refractivity contribution in [2.45, 2.75) is 13.0 Å². The number of amides is 2. The molecule has 0 radical (unpaired) electrons. The first kappa shape index (κ1) is 17.4. The van der Waals surface area contributed by atoms with Crippen LogP contribution in [0.5, 0.6) is 0 Å². The highest BCUT2D eigenvalue weighted by Gasteiger charge is 2.19. The Morgan fingerprint density at radius 3 is 2.20 bits per heavy atom. The number of hydrogen-bond donors (Lipinski definition) is 1. The average Bonchev–Trinajstić information content (AvgIpc) is 2.85. The van der Waals surface area contributed by atoms with Crippen LogP contribution < -0.4 is 5.32 Å². The van der Waals surface area contributed by atoms with Crippen LogP contribution in [-0.4, -0.2) is 42.0 Å². The fourth-order valence-corrected chi connectivity index (χ4v) is 2.92. The monoisotopic (exact) mass is 345 g/mol. The van der Waals surface area contributed by atoms with Crippen molar-refractivity contribution in [1.82, 2.24) is 9.80 Å². The predicted molar refractivity (Wildman–Crippen MR) is 93.3 cm³/mol. The summed E-state index contributed by atoms with van der Waals surface area (Å²) in [6.45, 7) is 3.68. The predicted octanol–water partition coefficient (Wildman–Crippen LogP) is 3.70. The maximum atomic E-state index is 13.0. The maximum absolute atomic E-state index is 13.0. The number of hydrogen-bond acceptors (Lipinski definition) is 2. The lowest BCUT2D eigenvalue weighted by Gasteiger charge is -2.22. The summed E-state index contributed by atoms with van der Waals surface area (Å²) in [5, 5.41) is 2.80. The molecule has 2 amide bonds. The number of nitrogens with one attached hydrogen (secondary N) is 1. The van der Waals surface area contributed by atoms with Gasteiger partial charge in [-0.2, -0.15) is 0 Å². The molecular weight excluding hydrogens is 324 g/mol. The van der Waals surface area contributed by atoms with Crippen molar-refractivity contribution < 1.29 is 13.6 Å². The van der Waals surface area contributed by atoms with E-state index in [0.29, 0.717) is 18.8 Å². The molecule has 0 unspecified atom stereocenters. The second kappa shape index (κ2) is 8.07. The molecule has 3 rings (SSSR count). The Morgan fingerprint density at radius 2 is 1.52 bits per heavy atom. The van der Waals surface area contributed by atoms with Crippen molar-refractivity contribution in [3.05, 3.63) is 65.7 Å². The van der Waals surface area contributed by atoms with E-state index in [1.54, 1.807) is 29.2 Å². The summed E-state index contributed by atoms with van der Waals surface area (Å²) in [4.78, 5) is 16.4. The smallest absolute Gasteiger partial charge is 0.321 e. The minimum absolute atomic E-state index is 0.171. The van der Waals surface area contributed by atoms with Crippen LogP contribution in [0.1, 0.15) is 12.0 Å². The van der Waals surface area contributed by atoms with Crippen LogP contribution in [0.2, 0.25) is 0 Å². The Morgan fingerprint density at radius 1 is 0.880 bits per heavy atom. The first-order valence-corrected chi connectivity index (χ1v) is 8.38. The van der Waals surface area contributed by atoms with Gasteiger partial charge in [-0.05, 0) is 48.4 Å². The number of anilines is 1. The summed E-state index contributed by atoms with van der Waals surface area (Å²) in [7, 11) is 0. The molecule has 2 aromatic carbocycles. The van der Waals surface area contributed by atoms with Crippen LogP contribution in [0, 0.1) is 11.6 Å². The van der Waals surface area contributed by atoms with Gasteiger partial charge in [-0.3, -0.25) is 4.90 Å². The van der Waals surface area contributed by atoms with E-state index in [2.05, 4.69) is 10.2 Å². The lowest BCUT2D eigenvalue weighted by molar-refractivity contribution is 0.211. The minimum atomic E-state index is -0.329. The molecule has 1 saturated heterocycles. The van der Waals surface area contributed by atoms with Crippen molar-refractivity contribution in [3.63, 3.8) is 0 Å². The number of benzene rings is 2. The van der Waals surface area contributed by atoms with Crippen LogP contribution in [0.4, 0.5) is 19.3 Å². The maximum Gasteiger partial charge on any atom is 0.321 e. The van der Waals surface area contributed by atoms with Crippen molar-refractivity contribution in [3.8, 4) is 0 Å². The zero-order valence-corrected chi connectivity index (χ0v) is 13.9. The second-order valence-electron chi connectivity index (χ2n) is 6.18. The third-order valence-corrected chi connectivity index (χ3v) is 4.29. The second-order valence-corrected chi connectivity index (χ2v) is 6.18. The molecule has 132 valence electrons. The summed E-state index contributed by atoms with van der Waals surface area (Å²) in [5.74, 6) is -0.563. The van der Waals surface area contributed by atoms with E-state index in [1.165, 1.54) is 24.3 Å². The summed E-state index contributed by atoms with van der Waals surface area (Å²) in [6.07, 6.45) is 0.873. The fraction of sp³-hybridized carbons (Fsp3) is 0.316.